The molecule has 4 aliphatic heterocycles. The number of epoxide rings is 1. The van der Waals surface area contributed by atoms with Gasteiger partial charge < -0.3 is 63.4 Å². The van der Waals surface area contributed by atoms with Crippen molar-refractivity contribution >= 4 is 11.9 Å². The fourth-order valence-corrected chi connectivity index (χ4v) is 6.32. The van der Waals surface area contributed by atoms with Gasteiger partial charge in [0.15, 0.2) is 24.8 Å². The molecule has 0 aromatic heterocycles. The van der Waals surface area contributed by atoms with Crippen molar-refractivity contribution < 1.29 is 73.0 Å². The van der Waals surface area contributed by atoms with Gasteiger partial charge in [-0.15, -0.1) is 0 Å². The summed E-state index contributed by atoms with van der Waals surface area (Å²) in [6.07, 6.45) is -13.0. The molecule has 1 saturated carbocycles. The summed E-state index contributed by atoms with van der Waals surface area (Å²) in [6, 6.07) is 8.16. The van der Waals surface area contributed by atoms with Crippen molar-refractivity contribution in [3.63, 3.8) is 0 Å². The van der Waals surface area contributed by atoms with Gasteiger partial charge in [0.2, 0.25) is 6.29 Å². The fourth-order valence-electron chi connectivity index (χ4n) is 6.32. The van der Waals surface area contributed by atoms with Crippen LogP contribution in [0.2, 0.25) is 0 Å². The quantitative estimate of drug-likeness (QED) is 0.162. The van der Waals surface area contributed by atoms with Gasteiger partial charge in [-0.2, -0.15) is 0 Å². The van der Waals surface area contributed by atoms with E-state index in [0.29, 0.717) is 0 Å². The molecule has 0 amide bonds. The number of aliphatic hydroxyl groups excluding tert-OH is 5. The molecule has 1 aromatic rings. The highest BCUT2D eigenvalue weighted by molar-refractivity contribution is 5.89. The Labute approximate surface area is 251 Å². The lowest BCUT2D eigenvalue weighted by atomic mass is 9.91. The van der Waals surface area contributed by atoms with Gasteiger partial charge >= 0.3 is 11.9 Å². The summed E-state index contributed by atoms with van der Waals surface area (Å²) in [5.41, 5.74) is 0.239. The largest absolute Gasteiger partial charge is 0.472 e. The Bertz CT molecular complexity index is 1210. The van der Waals surface area contributed by atoms with Crippen molar-refractivity contribution in [2.24, 2.45) is 11.8 Å². The van der Waals surface area contributed by atoms with Crippen LogP contribution >= 0.6 is 0 Å². The van der Waals surface area contributed by atoms with E-state index in [4.69, 9.17) is 37.9 Å². The molecule has 15 heteroatoms. The van der Waals surface area contributed by atoms with Crippen LogP contribution in [-0.4, -0.2) is 130 Å². The van der Waals surface area contributed by atoms with Crippen molar-refractivity contribution in [2.75, 3.05) is 6.61 Å². The Hall–Kier alpha value is -2.70. The number of benzene rings is 1. The van der Waals surface area contributed by atoms with Crippen molar-refractivity contribution in [1.29, 1.82) is 0 Å². The van der Waals surface area contributed by atoms with Crippen molar-refractivity contribution in [3.05, 3.63) is 48.2 Å². The van der Waals surface area contributed by atoms with Gasteiger partial charge in [0.05, 0.1) is 42.7 Å². The maximum atomic E-state index is 12.9. The lowest BCUT2D eigenvalue weighted by Crippen LogP contribution is -2.61. The van der Waals surface area contributed by atoms with E-state index in [9.17, 15) is 35.1 Å². The first-order chi connectivity index (χ1) is 21.1. The van der Waals surface area contributed by atoms with E-state index in [2.05, 4.69) is 0 Å². The smallest absolute Gasteiger partial charge is 0.338 e. The van der Waals surface area contributed by atoms with Gasteiger partial charge in [-0.1, -0.05) is 18.2 Å². The van der Waals surface area contributed by atoms with Crippen LogP contribution in [0.1, 0.15) is 24.2 Å². The first-order valence-electron chi connectivity index (χ1n) is 14.4. The normalized spacial score (nSPS) is 45.9. The highest BCUT2D eigenvalue weighted by atomic mass is 16.8. The predicted molar refractivity (Wildman–Crippen MR) is 141 cm³/mol. The van der Waals surface area contributed by atoms with Crippen molar-refractivity contribution in [3.8, 4) is 0 Å². The lowest BCUT2D eigenvalue weighted by Gasteiger charge is -2.44. The van der Waals surface area contributed by atoms with Crippen LogP contribution in [0.3, 0.4) is 0 Å². The maximum Gasteiger partial charge on any atom is 0.338 e. The van der Waals surface area contributed by atoms with Gasteiger partial charge in [0.1, 0.15) is 36.6 Å². The van der Waals surface area contributed by atoms with Crippen LogP contribution in [0.4, 0.5) is 0 Å². The van der Waals surface area contributed by atoms with E-state index in [1.807, 2.05) is 0 Å². The molecule has 16 atom stereocenters. The van der Waals surface area contributed by atoms with Gasteiger partial charge in [0.25, 0.3) is 0 Å². The monoisotopic (exact) mass is 624 g/mol. The Morgan fingerprint density at radius 1 is 0.795 bits per heavy atom. The van der Waals surface area contributed by atoms with Crippen LogP contribution in [0.15, 0.2) is 42.7 Å². The summed E-state index contributed by atoms with van der Waals surface area (Å²) >= 11 is 0. The zero-order valence-electron chi connectivity index (χ0n) is 23.8. The molecule has 15 nitrogen and oxygen atoms in total. The van der Waals surface area contributed by atoms with Gasteiger partial charge in [-0.05, 0) is 25.1 Å². The Balaban J connectivity index is 1.18. The Kier molecular flexibility index (Phi) is 8.96. The predicted octanol–water partition coefficient (Wildman–Crippen LogP) is -1.67. The second-order valence-electron chi connectivity index (χ2n) is 11.5. The molecule has 5 N–H and O–H groups in total. The molecule has 3 saturated heterocycles. The third-order valence-electron chi connectivity index (χ3n) is 8.64. The summed E-state index contributed by atoms with van der Waals surface area (Å²) in [5.74, 6) is -2.31. The first kappa shape index (κ1) is 31.3. The van der Waals surface area contributed by atoms with Crippen LogP contribution in [0, 0.1) is 11.8 Å². The van der Waals surface area contributed by atoms with Crippen molar-refractivity contribution in [1.82, 2.24) is 0 Å². The molecule has 0 bridgehead atoms. The minimum atomic E-state index is -1.63. The summed E-state index contributed by atoms with van der Waals surface area (Å²) in [5, 5.41) is 51.2. The molecule has 0 radical (unpaired) electrons. The molecule has 0 spiro atoms. The second kappa shape index (κ2) is 12.6. The molecular weight excluding hydrogens is 588 g/mol. The standard InChI is InChI=1S/C29H36O15/c1-11-17(32)23(42-26(36)13-6-4-3-5-7-13)25(39-12(2)31)29(38-11)43-21-14-8-9-37-27(16(14)22-24(21)41-22)44-28-20(35)19(34)18(33)15(10-30)40-28/h3-9,11,14-25,27-30,32-35H,10H2,1-2H3/t11-,14+,15+,16-,17-,18+,19-,20+,21-,22+,23+,24+,25+,27-,28-,29-/m0/s1. The highest BCUT2D eigenvalue weighted by Gasteiger charge is 2.67. The highest BCUT2D eigenvalue weighted by Crippen LogP contribution is 2.53. The first-order valence-corrected chi connectivity index (χ1v) is 14.4. The second-order valence-corrected chi connectivity index (χ2v) is 11.5. The number of aliphatic hydroxyl groups is 5. The maximum absolute atomic E-state index is 12.9. The third-order valence-corrected chi connectivity index (χ3v) is 8.64. The molecule has 0 unspecified atom stereocenters. The number of esters is 2. The number of carbonyl (C=O) groups is 2. The van der Waals surface area contributed by atoms with Crippen LogP contribution < -0.4 is 0 Å². The molecule has 242 valence electrons. The average Bonchev–Trinajstić information content (AvgIpc) is 3.74. The average molecular weight is 625 g/mol. The van der Waals surface area contributed by atoms with E-state index in [0.717, 1.165) is 0 Å². The minimum Gasteiger partial charge on any atom is -0.472 e. The Morgan fingerprint density at radius 2 is 1.55 bits per heavy atom. The van der Waals surface area contributed by atoms with Gasteiger partial charge in [-0.25, -0.2) is 4.79 Å². The number of hydrogen-bond donors (Lipinski definition) is 5. The molecule has 5 aliphatic rings. The summed E-state index contributed by atoms with van der Waals surface area (Å²) in [7, 11) is 0. The molecular formula is C29H36O15. The van der Waals surface area contributed by atoms with Crippen LogP contribution in [0.25, 0.3) is 0 Å². The number of rotatable bonds is 8. The summed E-state index contributed by atoms with van der Waals surface area (Å²) in [6.45, 7) is 2.12. The molecule has 4 heterocycles. The summed E-state index contributed by atoms with van der Waals surface area (Å²) < 4.78 is 46.4. The van der Waals surface area contributed by atoms with Crippen LogP contribution in [-0.2, 0) is 42.7 Å². The molecule has 44 heavy (non-hydrogen) atoms. The molecule has 6 rings (SSSR count). The fraction of sp³-hybridized carbons (Fsp3) is 0.655. The number of ether oxygens (including phenoxy) is 8. The Morgan fingerprint density at radius 3 is 2.25 bits per heavy atom. The SMILES string of the molecule is CC(=O)O[C@H]1[C@H](O[C@H]2[C@@H]3C=CO[C@@H](O[C@@H]4O[C@H](CO)[C@@H](O)[C@H](O)[C@H]4O)[C@@H]3[C@H]3O[C@H]23)O[C@@H](C)[C@H](O)[C@H]1OC(=O)c1ccccc1. The van der Waals surface area contributed by atoms with E-state index < -0.39 is 116 Å². The van der Waals surface area contributed by atoms with E-state index in [1.165, 1.54) is 13.2 Å². The van der Waals surface area contributed by atoms with E-state index >= 15 is 0 Å². The zero-order valence-corrected chi connectivity index (χ0v) is 23.8. The summed E-state index contributed by atoms with van der Waals surface area (Å²) in [4.78, 5) is 25.0. The lowest BCUT2D eigenvalue weighted by molar-refractivity contribution is -0.344. The molecule has 4 fully saturated rings. The minimum absolute atomic E-state index is 0.239. The molecule has 1 aromatic carbocycles. The van der Waals surface area contributed by atoms with E-state index in [1.54, 1.807) is 43.3 Å². The van der Waals surface area contributed by atoms with Crippen LogP contribution in [0.5, 0.6) is 0 Å². The van der Waals surface area contributed by atoms with Gasteiger partial charge in [0, 0.05) is 12.8 Å². The third kappa shape index (κ3) is 5.85. The van der Waals surface area contributed by atoms with E-state index in [-0.39, 0.29) is 5.56 Å². The molecule has 1 aliphatic carbocycles. The van der Waals surface area contributed by atoms with Crippen molar-refractivity contribution in [2.45, 2.75) is 99.9 Å². The number of hydrogen-bond acceptors (Lipinski definition) is 15. The topological polar surface area (TPSA) is 212 Å². The number of carbonyl (C=O) groups excluding carboxylic acids is 2. The zero-order chi connectivity index (χ0) is 31.3. The number of fused-ring (bicyclic) bond motifs is 3. The van der Waals surface area contributed by atoms with Gasteiger partial charge in [-0.3, -0.25) is 4.79 Å².